The van der Waals surface area contributed by atoms with E-state index in [-0.39, 0.29) is 0 Å². The average molecular weight is 509 g/mol. The number of nitriles is 2. The van der Waals surface area contributed by atoms with Crippen molar-refractivity contribution in [3.8, 4) is 35.0 Å². The van der Waals surface area contributed by atoms with E-state index in [2.05, 4.69) is 26.0 Å². The third kappa shape index (κ3) is 3.96. The second-order valence-electron chi connectivity index (χ2n) is 8.98. The van der Waals surface area contributed by atoms with Crippen LogP contribution in [0, 0.1) is 22.8 Å². The Balaban J connectivity index is 1.82. The predicted molar refractivity (Wildman–Crippen MR) is 140 cm³/mol. The van der Waals surface area contributed by atoms with Crippen LogP contribution in [-0.2, 0) is 12.5 Å². The molecule has 10 heteroatoms. The number of benzene rings is 1. The molecule has 182 valence electrons. The van der Waals surface area contributed by atoms with E-state index in [4.69, 9.17) is 16.3 Å². The highest BCUT2D eigenvalue weighted by Gasteiger charge is 2.22. The topological polar surface area (TPSA) is 118 Å². The van der Waals surface area contributed by atoms with Crippen LogP contribution in [0.3, 0.4) is 0 Å². The normalized spacial score (nSPS) is 12.0. The lowest BCUT2D eigenvalue weighted by Crippen LogP contribution is -2.23. The summed E-state index contributed by atoms with van der Waals surface area (Å²) in [6.45, 7) is 3.63. The Morgan fingerprint density at radius 3 is 2.46 bits per heavy atom. The summed E-state index contributed by atoms with van der Waals surface area (Å²) in [7, 11) is 3.35. The van der Waals surface area contributed by atoms with Crippen LogP contribution in [0.2, 0.25) is 5.02 Å². The third-order valence-corrected chi connectivity index (χ3v) is 6.59. The van der Waals surface area contributed by atoms with Crippen LogP contribution in [0.15, 0.2) is 60.0 Å². The molecule has 0 aliphatic rings. The van der Waals surface area contributed by atoms with Crippen LogP contribution in [0.5, 0.6) is 5.88 Å². The lowest BCUT2D eigenvalue weighted by atomic mass is 9.91. The highest BCUT2D eigenvalue weighted by atomic mass is 35.5. The molecule has 0 N–H and O–H groups in total. The van der Waals surface area contributed by atoms with Crippen LogP contribution in [0.25, 0.3) is 38.8 Å². The molecule has 5 aromatic rings. The van der Waals surface area contributed by atoms with Crippen molar-refractivity contribution >= 4 is 33.5 Å². The fourth-order valence-corrected chi connectivity index (χ4v) is 4.52. The van der Waals surface area contributed by atoms with E-state index in [1.165, 1.54) is 7.11 Å². The van der Waals surface area contributed by atoms with Crippen LogP contribution in [0.1, 0.15) is 19.5 Å². The third-order valence-electron chi connectivity index (χ3n) is 6.32. The number of hydrogen-bond acceptors (Lipinski definition) is 7. The zero-order valence-corrected chi connectivity index (χ0v) is 21.3. The summed E-state index contributed by atoms with van der Waals surface area (Å²) >= 11 is 6.33. The average Bonchev–Trinajstić information content (AvgIpc) is 3.20. The minimum atomic E-state index is -0.735. The molecule has 4 heterocycles. The number of methoxy groups -OCH3 is 1. The van der Waals surface area contributed by atoms with Gasteiger partial charge in [0.05, 0.1) is 58.9 Å². The number of imidazole rings is 1. The molecule has 0 atom stereocenters. The van der Waals surface area contributed by atoms with Crippen LogP contribution >= 0.6 is 11.6 Å². The van der Waals surface area contributed by atoms with E-state index in [0.717, 1.165) is 33.1 Å². The molecule has 0 spiro atoms. The predicted octanol–water partition coefficient (Wildman–Crippen LogP) is 4.82. The Hall–Kier alpha value is -4.73. The lowest BCUT2D eigenvalue weighted by Gasteiger charge is -2.15. The minimum Gasteiger partial charge on any atom is -0.480 e. The zero-order valence-electron chi connectivity index (χ0n) is 20.6. The molecule has 4 aromatic heterocycles. The summed E-state index contributed by atoms with van der Waals surface area (Å²) in [6.07, 6.45) is 7.06. The minimum absolute atomic E-state index is 0.356. The molecule has 0 unspecified atom stereocenters. The largest absolute Gasteiger partial charge is 0.480 e. The maximum Gasteiger partial charge on any atom is 0.232 e. The number of hydrogen-bond donors (Lipinski definition) is 0. The summed E-state index contributed by atoms with van der Waals surface area (Å²) in [5.74, 6) is 0.356. The van der Waals surface area contributed by atoms with Gasteiger partial charge < -0.3 is 9.30 Å². The van der Waals surface area contributed by atoms with E-state index in [9.17, 15) is 10.5 Å². The Bertz CT molecular complexity index is 1840. The lowest BCUT2D eigenvalue weighted by molar-refractivity contribution is 0.398. The van der Waals surface area contributed by atoms with Crippen molar-refractivity contribution in [2.24, 2.45) is 12.0 Å². The van der Waals surface area contributed by atoms with E-state index in [1.54, 1.807) is 24.7 Å². The standard InChI is InChI=1S/C27H21ClN8O/c1-27(2,14-29)23-8-6-18(12-32-23)36-24-19-9-16(17-10-20(28)25(37-4)33-11-17)5-7-21(19)31-13-22(24)35(3)26(36)34-15-30/h5-13H,1-4H3. The maximum atomic E-state index is 9.50. The van der Waals surface area contributed by atoms with E-state index >= 15 is 0 Å². The second kappa shape index (κ2) is 9.05. The molecule has 0 aliphatic carbocycles. The quantitative estimate of drug-likeness (QED) is 0.321. The molecule has 0 bridgehead atoms. The zero-order chi connectivity index (χ0) is 26.3. The molecule has 0 aliphatic heterocycles. The number of nitrogens with zero attached hydrogens (tertiary/aromatic N) is 8. The molecule has 0 amide bonds. The number of aryl methyl sites for hydroxylation is 1. The highest BCUT2D eigenvalue weighted by molar-refractivity contribution is 6.32. The number of rotatable bonds is 4. The molecule has 9 nitrogen and oxygen atoms in total. The SMILES string of the molecule is COc1ncc(-c2ccc3ncc4c(c3c2)n(-c2ccc(C(C)(C)C#N)nc2)c(=NC#N)n4C)cc1Cl. The molecule has 0 fully saturated rings. The monoisotopic (exact) mass is 508 g/mol. The summed E-state index contributed by atoms with van der Waals surface area (Å²) in [4.78, 5) is 17.6. The Morgan fingerprint density at radius 2 is 1.81 bits per heavy atom. The van der Waals surface area contributed by atoms with Crippen LogP contribution in [0.4, 0.5) is 0 Å². The van der Waals surface area contributed by atoms with Crippen molar-refractivity contribution in [3.63, 3.8) is 0 Å². The first-order valence-corrected chi connectivity index (χ1v) is 11.7. The summed E-state index contributed by atoms with van der Waals surface area (Å²) in [5, 5.41) is 20.2. The van der Waals surface area contributed by atoms with Gasteiger partial charge in [-0.15, -0.1) is 4.99 Å². The molecule has 5 rings (SSSR count). The maximum absolute atomic E-state index is 9.50. The molecule has 0 saturated carbocycles. The van der Waals surface area contributed by atoms with Gasteiger partial charge in [0.2, 0.25) is 17.7 Å². The van der Waals surface area contributed by atoms with Gasteiger partial charge >= 0.3 is 0 Å². The van der Waals surface area contributed by atoms with E-state index < -0.39 is 5.41 Å². The van der Waals surface area contributed by atoms with Gasteiger partial charge in [0.1, 0.15) is 5.02 Å². The summed E-state index contributed by atoms with van der Waals surface area (Å²) < 4.78 is 8.88. The Labute approximate surface area is 217 Å². The van der Waals surface area contributed by atoms with Crippen LogP contribution in [-0.4, -0.2) is 31.2 Å². The van der Waals surface area contributed by atoms with Crippen molar-refractivity contribution in [2.45, 2.75) is 19.3 Å². The van der Waals surface area contributed by atoms with Gasteiger partial charge in [-0.05, 0) is 49.7 Å². The first-order chi connectivity index (χ1) is 17.8. The fourth-order valence-electron chi connectivity index (χ4n) is 4.28. The molecule has 1 aromatic carbocycles. The Kier molecular flexibility index (Phi) is 5.87. The van der Waals surface area contributed by atoms with Crippen LogP contribution < -0.4 is 10.4 Å². The van der Waals surface area contributed by atoms with Gasteiger partial charge in [0, 0.05) is 24.2 Å². The number of ether oxygens (including phenoxy) is 1. The van der Waals surface area contributed by atoms with Gasteiger partial charge in [-0.25, -0.2) is 4.98 Å². The van der Waals surface area contributed by atoms with Gasteiger partial charge in [-0.3, -0.25) is 14.5 Å². The van der Waals surface area contributed by atoms with Crippen molar-refractivity contribution in [1.29, 1.82) is 10.5 Å². The first-order valence-electron chi connectivity index (χ1n) is 11.3. The van der Waals surface area contributed by atoms with Crippen molar-refractivity contribution in [2.75, 3.05) is 7.11 Å². The smallest absolute Gasteiger partial charge is 0.232 e. The fraction of sp³-hybridized carbons (Fsp3) is 0.185. The van der Waals surface area contributed by atoms with Crippen molar-refractivity contribution < 1.29 is 4.74 Å². The first kappa shape index (κ1) is 24.0. The summed E-state index contributed by atoms with van der Waals surface area (Å²) in [6, 6.07) is 13.7. The number of halogens is 1. The summed E-state index contributed by atoms with van der Waals surface area (Å²) in [5.41, 5.74) is 5.09. The molecule has 0 saturated heterocycles. The van der Waals surface area contributed by atoms with Gasteiger partial charge in [-0.1, -0.05) is 17.7 Å². The van der Waals surface area contributed by atoms with Crippen molar-refractivity contribution in [3.05, 3.63) is 71.3 Å². The van der Waals surface area contributed by atoms with E-state index in [1.807, 2.05) is 66.6 Å². The molecule has 0 radical (unpaired) electrons. The van der Waals surface area contributed by atoms with E-state index in [0.29, 0.717) is 27.9 Å². The van der Waals surface area contributed by atoms with Crippen molar-refractivity contribution in [1.82, 2.24) is 24.1 Å². The number of pyridine rings is 3. The van der Waals surface area contributed by atoms with Gasteiger partial charge in [-0.2, -0.15) is 10.5 Å². The highest BCUT2D eigenvalue weighted by Crippen LogP contribution is 2.32. The molecule has 37 heavy (non-hydrogen) atoms. The van der Waals surface area contributed by atoms with Gasteiger partial charge in [0.25, 0.3) is 0 Å². The number of fused-ring (bicyclic) bond motifs is 3. The van der Waals surface area contributed by atoms with Gasteiger partial charge in [0.15, 0.2) is 0 Å². The molecular formula is C27H21ClN8O. The molecular weight excluding hydrogens is 488 g/mol. The second-order valence-corrected chi connectivity index (χ2v) is 9.39. The number of aromatic nitrogens is 5. The Morgan fingerprint density at radius 1 is 1.00 bits per heavy atom.